The minimum Gasteiger partial charge on any atom is -0.300 e. The van der Waals surface area contributed by atoms with E-state index in [-0.39, 0.29) is 17.9 Å². The van der Waals surface area contributed by atoms with Crippen molar-refractivity contribution >= 4 is 23.8 Å². The molecule has 13 heavy (non-hydrogen) atoms. The molecule has 0 spiro atoms. The van der Waals surface area contributed by atoms with E-state index in [2.05, 4.69) is 10.6 Å². The minimum atomic E-state index is -0.351. The smallest absolute Gasteiger partial charge is 0.213 e. The molecule has 0 saturated carbocycles. The van der Waals surface area contributed by atoms with Gasteiger partial charge in [0.1, 0.15) is 0 Å². The second-order valence-electron chi connectivity index (χ2n) is 2.97. The molecular formula is C8H14N2O2S. The zero-order chi connectivity index (χ0) is 9.68. The van der Waals surface area contributed by atoms with Crippen LogP contribution in [0.3, 0.4) is 0 Å². The van der Waals surface area contributed by atoms with Crippen molar-refractivity contribution in [2.75, 3.05) is 18.7 Å². The van der Waals surface area contributed by atoms with Gasteiger partial charge in [0, 0.05) is 12.7 Å². The predicted octanol–water partition coefficient (Wildman–Crippen LogP) is -0.605. The van der Waals surface area contributed by atoms with Gasteiger partial charge in [-0.2, -0.15) is 11.8 Å². The van der Waals surface area contributed by atoms with Gasteiger partial charge < -0.3 is 0 Å². The van der Waals surface area contributed by atoms with E-state index in [1.165, 1.54) is 0 Å². The number of nitrogens with one attached hydrogen (secondary N) is 2. The Kier molecular flexibility index (Phi) is 4.41. The summed E-state index contributed by atoms with van der Waals surface area (Å²) in [6.45, 7) is 0.614. The quantitative estimate of drug-likeness (QED) is 0.460. The van der Waals surface area contributed by atoms with E-state index in [1.807, 2.05) is 6.26 Å². The average Bonchev–Trinajstić information content (AvgIpc) is 2.61. The zero-order valence-electron chi connectivity index (χ0n) is 7.58. The van der Waals surface area contributed by atoms with Crippen molar-refractivity contribution in [2.24, 2.45) is 0 Å². The topological polar surface area (TPSA) is 58.2 Å². The Morgan fingerprint density at radius 1 is 1.62 bits per heavy atom. The number of carbonyl (C=O) groups is 2. The molecule has 1 heterocycles. The molecule has 0 aromatic rings. The maximum atomic E-state index is 11.1. The molecule has 1 saturated heterocycles. The summed E-state index contributed by atoms with van der Waals surface area (Å²) in [5, 5.41) is 6.12. The summed E-state index contributed by atoms with van der Waals surface area (Å²) in [7, 11) is 0. The Labute approximate surface area is 81.8 Å². The normalized spacial score (nSPS) is 27.5. The highest BCUT2D eigenvalue weighted by Crippen LogP contribution is 2.08. The number of thioether (sulfide) groups is 1. The van der Waals surface area contributed by atoms with Crippen LogP contribution in [0.5, 0.6) is 0 Å². The Balaban J connectivity index is 2.43. The van der Waals surface area contributed by atoms with Gasteiger partial charge >= 0.3 is 0 Å². The van der Waals surface area contributed by atoms with Crippen molar-refractivity contribution in [2.45, 2.75) is 18.5 Å². The third-order valence-electron chi connectivity index (χ3n) is 2.14. The van der Waals surface area contributed by atoms with Gasteiger partial charge in [-0.15, -0.1) is 0 Å². The molecule has 0 aliphatic carbocycles. The maximum absolute atomic E-state index is 11.1. The lowest BCUT2D eigenvalue weighted by atomic mass is 10.0. The summed E-state index contributed by atoms with van der Waals surface area (Å²) in [6.07, 6.45) is 3.34. The molecule has 1 aliphatic rings. The highest BCUT2D eigenvalue weighted by atomic mass is 32.2. The second kappa shape index (κ2) is 5.36. The van der Waals surface area contributed by atoms with Gasteiger partial charge in [-0.25, -0.2) is 0 Å². The first-order valence-electron chi connectivity index (χ1n) is 4.24. The minimum absolute atomic E-state index is 0.116. The fourth-order valence-electron chi connectivity index (χ4n) is 1.45. The van der Waals surface area contributed by atoms with Crippen molar-refractivity contribution in [1.82, 2.24) is 10.6 Å². The van der Waals surface area contributed by atoms with Gasteiger partial charge in [-0.1, -0.05) is 0 Å². The molecule has 0 radical (unpaired) electrons. The molecule has 5 heteroatoms. The average molecular weight is 202 g/mol. The Bertz CT molecular complexity index is 199. The van der Waals surface area contributed by atoms with Gasteiger partial charge in [0.2, 0.25) is 5.78 Å². The largest absolute Gasteiger partial charge is 0.300 e. The first-order chi connectivity index (χ1) is 6.29. The van der Waals surface area contributed by atoms with Gasteiger partial charge in [-0.05, 0) is 18.4 Å². The number of hydrogen-bond donors (Lipinski definition) is 2. The van der Waals surface area contributed by atoms with E-state index in [0.717, 1.165) is 12.2 Å². The van der Waals surface area contributed by atoms with E-state index < -0.39 is 0 Å². The molecule has 0 aromatic heterocycles. The van der Waals surface area contributed by atoms with Crippen molar-refractivity contribution in [1.29, 1.82) is 0 Å². The van der Waals surface area contributed by atoms with Crippen LogP contribution in [0.2, 0.25) is 0 Å². The van der Waals surface area contributed by atoms with E-state index >= 15 is 0 Å². The van der Waals surface area contributed by atoms with Gasteiger partial charge in [0.25, 0.3) is 0 Å². The molecular weight excluding hydrogens is 188 g/mol. The molecule has 2 atom stereocenters. The van der Waals surface area contributed by atoms with Crippen LogP contribution in [0.25, 0.3) is 0 Å². The Morgan fingerprint density at radius 3 is 3.00 bits per heavy atom. The first-order valence-corrected chi connectivity index (χ1v) is 5.63. The van der Waals surface area contributed by atoms with Crippen LogP contribution >= 0.6 is 11.8 Å². The summed E-state index contributed by atoms with van der Waals surface area (Å²) in [5.74, 6) is 0.651. The lowest BCUT2D eigenvalue weighted by Gasteiger charge is -2.14. The molecule has 74 valence electrons. The molecule has 2 N–H and O–H groups in total. The lowest BCUT2D eigenvalue weighted by molar-refractivity contribution is -0.131. The summed E-state index contributed by atoms with van der Waals surface area (Å²) in [6, 6.07) is -0.199. The van der Waals surface area contributed by atoms with Crippen molar-refractivity contribution in [3.05, 3.63) is 0 Å². The number of ketones is 1. The third kappa shape index (κ3) is 2.79. The van der Waals surface area contributed by atoms with E-state index in [0.29, 0.717) is 13.0 Å². The standard InChI is InChI=1S/C8H14N2O2S/c1-13-3-2-6-8(7(12)4-11)10-5-9-6/h4,6,8-10H,2-3,5H2,1H3. The first kappa shape index (κ1) is 10.7. The maximum Gasteiger partial charge on any atom is 0.213 e. The monoisotopic (exact) mass is 202 g/mol. The summed E-state index contributed by atoms with van der Waals surface area (Å²) in [5.41, 5.74) is 0. The number of carbonyl (C=O) groups excluding carboxylic acids is 2. The van der Waals surface area contributed by atoms with Gasteiger partial charge in [-0.3, -0.25) is 20.2 Å². The predicted molar refractivity (Wildman–Crippen MR) is 52.8 cm³/mol. The Morgan fingerprint density at radius 2 is 2.38 bits per heavy atom. The fraction of sp³-hybridized carbons (Fsp3) is 0.750. The SMILES string of the molecule is CSCCC1NCNC1C(=O)C=O. The second-order valence-corrected chi connectivity index (χ2v) is 3.96. The zero-order valence-corrected chi connectivity index (χ0v) is 8.39. The van der Waals surface area contributed by atoms with Crippen LogP contribution < -0.4 is 10.6 Å². The van der Waals surface area contributed by atoms with Crippen LogP contribution in [0, 0.1) is 0 Å². The molecule has 1 fully saturated rings. The van der Waals surface area contributed by atoms with Crippen LogP contribution in [0.1, 0.15) is 6.42 Å². The number of aldehydes is 1. The number of rotatable bonds is 5. The van der Waals surface area contributed by atoms with Crippen LogP contribution in [-0.2, 0) is 9.59 Å². The third-order valence-corrected chi connectivity index (χ3v) is 2.79. The fourth-order valence-corrected chi connectivity index (χ4v) is 1.94. The number of hydrogen-bond acceptors (Lipinski definition) is 5. The molecule has 2 unspecified atom stereocenters. The van der Waals surface area contributed by atoms with Gasteiger partial charge in [0.05, 0.1) is 6.04 Å². The van der Waals surface area contributed by atoms with Crippen molar-refractivity contribution < 1.29 is 9.59 Å². The molecule has 0 bridgehead atoms. The van der Waals surface area contributed by atoms with Crippen molar-refractivity contribution in [3.63, 3.8) is 0 Å². The molecule has 0 amide bonds. The summed E-state index contributed by atoms with van der Waals surface area (Å²) in [4.78, 5) is 21.4. The van der Waals surface area contributed by atoms with Crippen LogP contribution in [0.4, 0.5) is 0 Å². The van der Waals surface area contributed by atoms with Gasteiger partial charge in [0.15, 0.2) is 6.29 Å². The van der Waals surface area contributed by atoms with E-state index in [4.69, 9.17) is 0 Å². The van der Waals surface area contributed by atoms with Crippen LogP contribution in [0.15, 0.2) is 0 Å². The highest BCUT2D eigenvalue weighted by Gasteiger charge is 2.30. The van der Waals surface area contributed by atoms with Crippen molar-refractivity contribution in [3.8, 4) is 0 Å². The summed E-state index contributed by atoms with van der Waals surface area (Å²) < 4.78 is 0. The number of Topliss-reactive ketones (excluding diaryl/α,β-unsaturated/α-hetero) is 1. The van der Waals surface area contributed by atoms with E-state index in [9.17, 15) is 9.59 Å². The molecule has 0 aromatic carbocycles. The molecule has 4 nitrogen and oxygen atoms in total. The van der Waals surface area contributed by atoms with Crippen LogP contribution in [-0.4, -0.2) is 42.8 Å². The highest BCUT2D eigenvalue weighted by molar-refractivity contribution is 7.98. The Hall–Kier alpha value is -0.390. The van der Waals surface area contributed by atoms with E-state index in [1.54, 1.807) is 11.8 Å². The molecule has 1 rings (SSSR count). The molecule has 1 aliphatic heterocycles. The lowest BCUT2D eigenvalue weighted by Crippen LogP contribution is -2.41. The summed E-state index contributed by atoms with van der Waals surface area (Å²) >= 11 is 1.74.